The Labute approximate surface area is 267 Å². The molecule has 2 radical (unpaired) electrons. The predicted molar refractivity (Wildman–Crippen MR) is 123 cm³/mol. The van der Waals surface area contributed by atoms with Crippen LogP contribution in [0.25, 0.3) is 0 Å². The van der Waals surface area contributed by atoms with Gasteiger partial charge in [-0.05, 0) is 25.7 Å². The van der Waals surface area contributed by atoms with Crippen molar-refractivity contribution < 1.29 is 97.7 Å². The molecule has 4 rings (SSSR count). The molecular formula is C24H32N4O12Rh2. The Bertz CT molecular complexity index is 883. The van der Waals surface area contributed by atoms with E-state index in [9.17, 15) is 58.8 Å². The largest absolute Gasteiger partial charge is 2.00 e. The van der Waals surface area contributed by atoms with Gasteiger partial charge in [0.1, 0.15) is 0 Å². The Morgan fingerprint density at radius 1 is 0.452 bits per heavy atom. The molecule has 4 atom stereocenters. The zero-order chi connectivity index (χ0) is 30.9. The van der Waals surface area contributed by atoms with E-state index in [2.05, 4.69) is 0 Å². The first kappa shape index (κ1) is 41.1. The Kier molecular flexibility index (Phi) is 18.1. The topological polar surface area (TPSA) is 242 Å². The second kappa shape index (κ2) is 18.5. The maximum absolute atomic E-state index is 10.7. The van der Waals surface area contributed by atoms with Gasteiger partial charge in [-0.1, -0.05) is 0 Å². The summed E-state index contributed by atoms with van der Waals surface area (Å²) in [5.41, 5.74) is 0. The van der Waals surface area contributed by atoms with Crippen LogP contribution in [0.4, 0.5) is 0 Å². The van der Waals surface area contributed by atoms with E-state index in [-0.39, 0.29) is 62.6 Å². The van der Waals surface area contributed by atoms with Gasteiger partial charge in [-0.2, -0.15) is 0 Å². The van der Waals surface area contributed by atoms with Gasteiger partial charge in [-0.15, -0.1) is 0 Å². The number of rotatable bonds is 4. The average Bonchev–Trinajstić information content (AvgIpc) is 3.59. The SMILES string of the molecule is CN1C(=O)CC[C@H]1C(=O)[O-].CN1C(=O)CC[C@H]1C(=O)[O-].CN1C(=O)CC[C@H]1C(=O)[O-].CN1C(=O)CC[C@H]1C(=O)[O-].[Rh+2].[Rh+2]. The molecule has 4 fully saturated rings. The molecule has 4 amide bonds. The summed E-state index contributed by atoms with van der Waals surface area (Å²) in [7, 11) is 5.93. The number of hydrogen-bond donors (Lipinski definition) is 0. The van der Waals surface area contributed by atoms with Crippen molar-refractivity contribution in [2.75, 3.05) is 28.2 Å². The van der Waals surface area contributed by atoms with Gasteiger partial charge >= 0.3 is 39.0 Å². The predicted octanol–water partition coefficient (Wildman–Crippen LogP) is -6.58. The number of carboxylic acid groups (broad SMARTS) is 4. The Balaban J connectivity index is 0. The molecule has 0 aromatic carbocycles. The fourth-order valence-corrected chi connectivity index (χ4v) is 4.32. The monoisotopic (exact) mass is 774 g/mol. The zero-order valence-electron chi connectivity index (χ0n) is 23.3. The van der Waals surface area contributed by atoms with Crippen LogP contribution in [0.2, 0.25) is 0 Å². The molecule has 0 bridgehead atoms. The summed E-state index contributed by atoms with van der Waals surface area (Å²) in [5.74, 6) is -5.10. The minimum absolute atomic E-state index is 0. The van der Waals surface area contributed by atoms with Gasteiger partial charge in [0.2, 0.25) is 23.6 Å². The van der Waals surface area contributed by atoms with Gasteiger partial charge in [0, 0.05) is 53.9 Å². The third-order valence-electron chi connectivity index (χ3n) is 7.06. The maximum atomic E-state index is 10.7. The molecule has 0 unspecified atom stereocenters. The van der Waals surface area contributed by atoms with Crippen LogP contribution in [0.5, 0.6) is 0 Å². The summed E-state index contributed by atoms with van der Waals surface area (Å²) < 4.78 is 0. The summed E-state index contributed by atoms with van der Waals surface area (Å²) in [5, 5.41) is 41.0. The molecule has 42 heavy (non-hydrogen) atoms. The van der Waals surface area contributed by atoms with Crippen LogP contribution in [0, 0.1) is 0 Å². The normalized spacial score (nSPS) is 24.3. The van der Waals surface area contributed by atoms with E-state index in [1.807, 2.05) is 0 Å². The van der Waals surface area contributed by atoms with Crippen LogP contribution >= 0.6 is 0 Å². The Morgan fingerprint density at radius 3 is 0.643 bits per heavy atom. The van der Waals surface area contributed by atoms with Crippen molar-refractivity contribution in [1.82, 2.24) is 19.6 Å². The van der Waals surface area contributed by atoms with Gasteiger partial charge in [0.25, 0.3) is 0 Å². The quantitative estimate of drug-likeness (QED) is 0.242. The van der Waals surface area contributed by atoms with E-state index >= 15 is 0 Å². The minimum atomic E-state index is -1.16. The van der Waals surface area contributed by atoms with E-state index in [0.29, 0.717) is 51.4 Å². The summed E-state index contributed by atoms with van der Waals surface area (Å²) in [6.07, 6.45) is 2.86. The first-order chi connectivity index (χ1) is 18.5. The number of amides is 4. The second-order valence-electron chi connectivity index (χ2n) is 9.51. The molecular weight excluding hydrogens is 742 g/mol. The van der Waals surface area contributed by atoms with Crippen molar-refractivity contribution in [2.24, 2.45) is 0 Å². The van der Waals surface area contributed by atoms with Crippen molar-refractivity contribution in [2.45, 2.75) is 75.5 Å². The van der Waals surface area contributed by atoms with Gasteiger partial charge in [0.05, 0.1) is 48.0 Å². The molecule has 4 heterocycles. The fraction of sp³-hybridized carbons (Fsp3) is 0.667. The van der Waals surface area contributed by atoms with Crippen molar-refractivity contribution in [3.63, 3.8) is 0 Å². The van der Waals surface area contributed by atoms with E-state index in [0.717, 1.165) is 0 Å². The summed E-state index contributed by atoms with van der Waals surface area (Å²) in [6.45, 7) is 0. The number of carbonyl (C=O) groups excluding carboxylic acids is 8. The number of carboxylic acids is 4. The van der Waals surface area contributed by atoms with Gasteiger partial charge in [0.15, 0.2) is 0 Å². The Hall–Kier alpha value is -2.99. The van der Waals surface area contributed by atoms with Gasteiger partial charge in [-0.25, -0.2) is 0 Å². The fourth-order valence-electron chi connectivity index (χ4n) is 4.32. The smallest absolute Gasteiger partial charge is 0.548 e. The van der Waals surface area contributed by atoms with Crippen LogP contribution in [0.1, 0.15) is 51.4 Å². The van der Waals surface area contributed by atoms with E-state index in [4.69, 9.17) is 0 Å². The van der Waals surface area contributed by atoms with E-state index in [1.54, 1.807) is 0 Å². The number of nitrogens with zero attached hydrogens (tertiary/aromatic N) is 4. The van der Waals surface area contributed by atoms with Crippen LogP contribution < -0.4 is 20.4 Å². The molecule has 0 spiro atoms. The number of likely N-dealkylation sites (N-methyl/N-ethyl adjacent to an activating group) is 4. The maximum Gasteiger partial charge on any atom is 2.00 e. The van der Waals surface area contributed by atoms with Crippen LogP contribution in [-0.4, -0.2) is 119 Å². The number of aliphatic carboxylic acids is 4. The molecule has 4 saturated heterocycles. The first-order valence-electron chi connectivity index (χ1n) is 12.4. The number of hydrogen-bond acceptors (Lipinski definition) is 12. The molecule has 0 N–H and O–H groups in total. The van der Waals surface area contributed by atoms with Crippen molar-refractivity contribution in [1.29, 1.82) is 0 Å². The average molecular weight is 774 g/mol. The van der Waals surface area contributed by atoms with E-state index < -0.39 is 48.0 Å². The van der Waals surface area contributed by atoms with Crippen LogP contribution in [0.3, 0.4) is 0 Å². The van der Waals surface area contributed by atoms with Crippen LogP contribution in [0.15, 0.2) is 0 Å². The molecule has 0 aliphatic carbocycles. The van der Waals surface area contributed by atoms with Crippen molar-refractivity contribution in [3.05, 3.63) is 0 Å². The van der Waals surface area contributed by atoms with E-state index in [1.165, 1.54) is 47.8 Å². The standard InChI is InChI=1S/4C6H9NO3.2Rh/c4*1-7-4(6(9)10)2-3-5(7)8;;/h4*4H,2-3H2,1H3,(H,9,10);;/q;;;;2*+2/p-4/t4*4-;;/m0000../s1. The van der Waals surface area contributed by atoms with Crippen molar-refractivity contribution in [3.8, 4) is 0 Å². The Morgan fingerprint density at radius 2 is 0.595 bits per heavy atom. The van der Waals surface area contributed by atoms with Crippen LogP contribution in [-0.2, 0) is 77.3 Å². The number of likely N-dealkylation sites (tertiary alicyclic amines) is 4. The zero-order valence-corrected chi connectivity index (χ0v) is 26.6. The number of carbonyl (C=O) groups is 8. The molecule has 16 nitrogen and oxygen atoms in total. The van der Waals surface area contributed by atoms with Crippen molar-refractivity contribution >= 4 is 47.5 Å². The minimum Gasteiger partial charge on any atom is -0.548 e. The molecule has 238 valence electrons. The second-order valence-corrected chi connectivity index (χ2v) is 9.51. The molecule has 0 aromatic heterocycles. The van der Waals surface area contributed by atoms with Gasteiger partial charge < -0.3 is 59.2 Å². The summed E-state index contributed by atoms with van der Waals surface area (Å²) in [4.78, 5) is 88.8. The third kappa shape index (κ3) is 11.4. The molecule has 4 aliphatic rings. The summed E-state index contributed by atoms with van der Waals surface area (Å²) in [6, 6.07) is -2.81. The molecule has 0 saturated carbocycles. The summed E-state index contributed by atoms with van der Waals surface area (Å²) >= 11 is 0. The van der Waals surface area contributed by atoms with Gasteiger partial charge in [-0.3, -0.25) is 19.2 Å². The molecule has 0 aromatic rings. The third-order valence-corrected chi connectivity index (χ3v) is 7.06. The molecule has 18 heteroatoms. The first-order valence-corrected chi connectivity index (χ1v) is 12.4. The molecule has 4 aliphatic heterocycles.